The van der Waals surface area contributed by atoms with Crippen molar-refractivity contribution in [3.8, 4) is 5.75 Å². The van der Waals surface area contributed by atoms with Gasteiger partial charge in [-0.3, -0.25) is 0 Å². The van der Waals surface area contributed by atoms with Gasteiger partial charge in [0, 0.05) is 28.6 Å². The van der Waals surface area contributed by atoms with Crippen LogP contribution >= 0.6 is 0 Å². The van der Waals surface area contributed by atoms with Gasteiger partial charge in [0.15, 0.2) is 0 Å². The lowest BCUT2D eigenvalue weighted by molar-refractivity contribution is 0.0698. The number of ether oxygens (including phenoxy) is 2. The minimum absolute atomic E-state index is 0.211. The zero-order chi connectivity index (χ0) is 24.1. The number of anilines is 1. The molecule has 33 heavy (non-hydrogen) atoms. The summed E-state index contributed by atoms with van der Waals surface area (Å²) in [7, 11) is 1.51. The van der Waals surface area contributed by atoms with Gasteiger partial charge in [-0.15, -0.1) is 0 Å². The third-order valence-corrected chi connectivity index (χ3v) is 5.30. The molecule has 0 spiro atoms. The van der Waals surface area contributed by atoms with Gasteiger partial charge in [-0.25, -0.2) is 9.79 Å². The van der Waals surface area contributed by atoms with Crippen LogP contribution in [0.1, 0.15) is 46.9 Å². The van der Waals surface area contributed by atoms with E-state index in [2.05, 4.69) is 23.5 Å². The largest absolute Gasteiger partial charge is 0.481 e. The van der Waals surface area contributed by atoms with Crippen molar-refractivity contribution >= 4 is 23.4 Å². The molecule has 2 aromatic carbocycles. The lowest BCUT2D eigenvalue weighted by Gasteiger charge is -2.27. The Morgan fingerprint density at radius 3 is 2.70 bits per heavy atom. The predicted octanol–water partition coefficient (Wildman–Crippen LogP) is 6.29. The van der Waals surface area contributed by atoms with Crippen molar-refractivity contribution in [2.24, 2.45) is 4.99 Å². The maximum Gasteiger partial charge on any atom is 0.337 e. The smallest absolute Gasteiger partial charge is 0.337 e. The summed E-state index contributed by atoms with van der Waals surface area (Å²) in [6, 6.07) is 10.7. The molecule has 170 valence electrons. The number of allylic oxidation sites excluding steroid dienone is 4. The van der Waals surface area contributed by atoms with Gasteiger partial charge in [-0.2, -0.15) is 0 Å². The lowest BCUT2D eigenvalue weighted by Crippen LogP contribution is -2.15. The second kappa shape index (κ2) is 10.0. The molecule has 1 aliphatic heterocycles. The number of methoxy groups -OCH3 is 1. The van der Waals surface area contributed by atoms with Crippen LogP contribution < -0.4 is 10.1 Å². The highest BCUT2D eigenvalue weighted by atomic mass is 16.5. The van der Waals surface area contributed by atoms with E-state index in [1.165, 1.54) is 7.11 Å². The second-order valence-corrected chi connectivity index (χ2v) is 7.68. The van der Waals surface area contributed by atoms with Crippen molar-refractivity contribution in [1.82, 2.24) is 0 Å². The molecule has 6 nitrogen and oxygen atoms in total. The third-order valence-electron chi connectivity index (χ3n) is 5.30. The van der Waals surface area contributed by atoms with Gasteiger partial charge < -0.3 is 19.9 Å². The van der Waals surface area contributed by atoms with Gasteiger partial charge >= 0.3 is 5.97 Å². The van der Waals surface area contributed by atoms with E-state index < -0.39 is 5.97 Å². The quantitative estimate of drug-likeness (QED) is 0.369. The molecule has 0 aliphatic carbocycles. The summed E-state index contributed by atoms with van der Waals surface area (Å²) in [5, 5.41) is 12.9. The average molecular weight is 445 g/mol. The van der Waals surface area contributed by atoms with Crippen LogP contribution in [0, 0.1) is 6.92 Å². The summed E-state index contributed by atoms with van der Waals surface area (Å²) in [6.07, 6.45) is 5.39. The fourth-order valence-corrected chi connectivity index (χ4v) is 3.57. The summed E-state index contributed by atoms with van der Waals surface area (Å²) in [6.45, 7) is 13.8. The SMILES string of the molecule is C=C(/N=C\C(=CC)C1=CC(=C)c2cc(C)cc(C(C)Nc3ccccc3C(=O)O)c2O1)OC. The van der Waals surface area contributed by atoms with Crippen LogP contribution in [0.15, 0.2) is 83.9 Å². The fraction of sp³-hybridized carbons (Fsp3) is 0.185. The Morgan fingerprint density at radius 1 is 1.30 bits per heavy atom. The number of nitrogens with one attached hydrogen (secondary N) is 1. The molecule has 0 aromatic heterocycles. The van der Waals surface area contributed by atoms with E-state index in [-0.39, 0.29) is 17.5 Å². The number of carboxylic acids is 1. The first-order valence-corrected chi connectivity index (χ1v) is 10.5. The molecule has 2 aromatic rings. The third kappa shape index (κ3) is 5.23. The highest BCUT2D eigenvalue weighted by Gasteiger charge is 2.24. The van der Waals surface area contributed by atoms with Gasteiger partial charge in [0.1, 0.15) is 11.5 Å². The van der Waals surface area contributed by atoms with E-state index in [0.717, 1.165) is 27.8 Å². The molecule has 3 rings (SSSR count). The predicted molar refractivity (Wildman–Crippen MR) is 133 cm³/mol. The van der Waals surface area contributed by atoms with Gasteiger partial charge in [0.05, 0.1) is 18.7 Å². The van der Waals surface area contributed by atoms with E-state index in [0.29, 0.717) is 17.2 Å². The summed E-state index contributed by atoms with van der Waals surface area (Å²) in [5.74, 6) is 0.581. The number of hydrogen-bond donors (Lipinski definition) is 2. The first-order valence-electron chi connectivity index (χ1n) is 10.5. The van der Waals surface area contributed by atoms with Crippen LogP contribution in [-0.4, -0.2) is 24.4 Å². The van der Waals surface area contributed by atoms with Crippen LogP contribution in [0.4, 0.5) is 5.69 Å². The molecular weight excluding hydrogens is 416 g/mol. The lowest BCUT2D eigenvalue weighted by atomic mass is 9.93. The summed E-state index contributed by atoms with van der Waals surface area (Å²) in [4.78, 5) is 15.8. The van der Waals surface area contributed by atoms with E-state index in [1.54, 1.807) is 30.5 Å². The second-order valence-electron chi connectivity index (χ2n) is 7.68. The molecule has 6 heteroatoms. The zero-order valence-electron chi connectivity index (χ0n) is 19.3. The molecule has 0 radical (unpaired) electrons. The van der Waals surface area contributed by atoms with Crippen molar-refractivity contribution in [2.45, 2.75) is 26.8 Å². The number of benzene rings is 2. The molecule has 1 aliphatic rings. The van der Waals surface area contributed by atoms with Crippen molar-refractivity contribution in [1.29, 1.82) is 0 Å². The Morgan fingerprint density at radius 2 is 2.03 bits per heavy atom. The number of rotatable bonds is 8. The maximum absolute atomic E-state index is 11.6. The maximum atomic E-state index is 11.6. The number of nitrogens with zero attached hydrogens (tertiary/aromatic N) is 1. The zero-order valence-corrected chi connectivity index (χ0v) is 19.3. The first-order chi connectivity index (χ1) is 15.7. The number of carboxylic acid groups (broad SMARTS) is 1. The molecular formula is C27H28N2O4. The average Bonchev–Trinajstić information content (AvgIpc) is 2.79. The number of carbonyl (C=O) groups is 1. The fourth-order valence-electron chi connectivity index (χ4n) is 3.57. The minimum atomic E-state index is -0.985. The number of fused-ring (bicyclic) bond motifs is 1. The molecule has 0 saturated heterocycles. The van der Waals surface area contributed by atoms with Crippen molar-refractivity contribution in [2.75, 3.05) is 12.4 Å². The Kier molecular flexibility index (Phi) is 7.18. The Labute approximate surface area is 194 Å². The molecule has 0 amide bonds. The summed E-state index contributed by atoms with van der Waals surface area (Å²) in [5.41, 5.74) is 5.15. The monoisotopic (exact) mass is 444 g/mol. The van der Waals surface area contributed by atoms with Crippen LogP contribution in [0.5, 0.6) is 5.75 Å². The highest BCUT2D eigenvalue weighted by Crippen LogP contribution is 2.41. The standard InChI is InChI=1S/C27H28N2O4/c1-7-20(15-28-19(5)32-6)25-14-17(3)22-12-16(2)13-23(26(22)33-25)18(4)29-24-11-9-8-10-21(24)27(30)31/h7-15,18,29H,3,5H2,1-2,4,6H3,(H,30,31)/b20-7?,28-15-. The Balaban J connectivity index is 1.99. The van der Waals surface area contributed by atoms with Gasteiger partial charge in [-0.05, 0) is 62.8 Å². The molecule has 2 N–H and O–H groups in total. The number of aromatic carboxylic acids is 1. The van der Waals surface area contributed by atoms with Crippen LogP contribution in [0.2, 0.25) is 0 Å². The number of aliphatic imine (C=N–C) groups is 1. The summed E-state index contributed by atoms with van der Waals surface area (Å²) < 4.78 is 11.4. The topological polar surface area (TPSA) is 80.2 Å². The molecule has 0 saturated carbocycles. The Bertz CT molecular complexity index is 1200. The van der Waals surface area contributed by atoms with Crippen LogP contribution in [0.25, 0.3) is 5.57 Å². The molecule has 1 heterocycles. The molecule has 0 fully saturated rings. The van der Waals surface area contributed by atoms with E-state index in [4.69, 9.17) is 9.47 Å². The minimum Gasteiger partial charge on any atom is -0.481 e. The number of hydrogen-bond acceptors (Lipinski definition) is 5. The number of para-hydroxylation sites is 1. The van der Waals surface area contributed by atoms with Gasteiger partial charge in [0.2, 0.25) is 5.88 Å². The molecule has 1 unspecified atom stereocenters. The van der Waals surface area contributed by atoms with Gasteiger partial charge in [0.25, 0.3) is 0 Å². The Hall–Kier alpha value is -4.06. The van der Waals surface area contributed by atoms with Crippen LogP contribution in [0.3, 0.4) is 0 Å². The van der Waals surface area contributed by atoms with Crippen LogP contribution in [-0.2, 0) is 4.74 Å². The van der Waals surface area contributed by atoms with Crippen molar-refractivity contribution < 1.29 is 19.4 Å². The van der Waals surface area contributed by atoms with E-state index in [1.807, 2.05) is 45.1 Å². The first kappa shape index (κ1) is 23.6. The number of aryl methyl sites for hydroxylation is 1. The van der Waals surface area contributed by atoms with Crippen molar-refractivity contribution in [3.63, 3.8) is 0 Å². The highest BCUT2D eigenvalue weighted by molar-refractivity contribution is 5.94. The normalized spacial score (nSPS) is 14.2. The molecule has 0 bridgehead atoms. The summed E-state index contributed by atoms with van der Waals surface area (Å²) >= 11 is 0. The molecule has 1 atom stereocenters. The van der Waals surface area contributed by atoms with Crippen molar-refractivity contribution in [3.05, 3.63) is 101 Å². The van der Waals surface area contributed by atoms with Gasteiger partial charge in [-0.1, -0.05) is 30.9 Å². The van der Waals surface area contributed by atoms with E-state index >= 15 is 0 Å². The van der Waals surface area contributed by atoms with E-state index in [9.17, 15) is 9.90 Å².